The first-order chi connectivity index (χ1) is 3.30. The highest BCUT2D eigenvalue weighted by Crippen LogP contribution is 1.93. The fraction of sp³-hybridized carbons (Fsp3) is 0.250. The largest absolute Gasteiger partial charge is 0.320 e. The molecule has 3 heteroatoms. The summed E-state index contributed by atoms with van der Waals surface area (Å²) in [6.07, 6.45) is 1.67. The first kappa shape index (κ1) is 4.18. The lowest BCUT2D eigenvalue weighted by Gasteiger charge is -2.03. The monoisotopic (exact) mass is 97.1 g/mol. The second-order valence-electron chi connectivity index (χ2n) is 1.41. The number of hydrogen-bond acceptors (Lipinski definition) is 3. The van der Waals surface area contributed by atoms with E-state index in [1.807, 2.05) is 7.05 Å². The molecule has 0 bridgehead atoms. The van der Waals surface area contributed by atoms with Gasteiger partial charge in [0.2, 0.25) is 0 Å². The number of nitrogens with zero attached hydrogens (tertiary/aromatic N) is 2. The minimum Gasteiger partial charge on any atom is -0.320 e. The van der Waals surface area contributed by atoms with Gasteiger partial charge in [-0.05, 0) is 0 Å². The normalized spacial score (nSPS) is 17.9. The van der Waals surface area contributed by atoms with Gasteiger partial charge in [-0.25, -0.2) is 0 Å². The first-order valence-electron chi connectivity index (χ1n) is 2.01. The molecule has 0 unspecified atom stereocenters. The molecule has 1 aliphatic heterocycles. The number of hydrazone groups is 1. The molecular weight excluding hydrogens is 90.1 g/mol. The number of hydrogen-bond donors (Lipinski definition) is 1. The smallest absolute Gasteiger partial charge is 0.120 e. The zero-order chi connectivity index (χ0) is 5.28. The Balaban J connectivity index is 2.62. The maximum Gasteiger partial charge on any atom is 0.120 e. The van der Waals surface area contributed by atoms with E-state index in [2.05, 4.69) is 17.1 Å². The molecule has 0 aliphatic carbocycles. The fourth-order valence-corrected chi connectivity index (χ4v) is 0.339. The molecule has 0 atom stereocenters. The Morgan fingerprint density at radius 1 is 2.00 bits per heavy atom. The zero-order valence-corrected chi connectivity index (χ0v) is 4.18. The van der Waals surface area contributed by atoms with Crippen LogP contribution in [0.15, 0.2) is 17.5 Å². The summed E-state index contributed by atoms with van der Waals surface area (Å²) in [5.74, 6) is 0.819. The van der Waals surface area contributed by atoms with E-state index in [0.29, 0.717) is 0 Å². The SMILES string of the molecule is C=C1NN=CN1C. The highest BCUT2D eigenvalue weighted by atomic mass is 15.5. The topological polar surface area (TPSA) is 27.6 Å². The van der Waals surface area contributed by atoms with E-state index in [9.17, 15) is 0 Å². The fourth-order valence-electron chi connectivity index (χ4n) is 0.339. The maximum atomic E-state index is 3.70. The number of rotatable bonds is 0. The summed E-state index contributed by atoms with van der Waals surface area (Å²) in [6, 6.07) is 0. The molecule has 0 amide bonds. The molecule has 0 saturated heterocycles. The van der Waals surface area contributed by atoms with Crippen molar-refractivity contribution < 1.29 is 0 Å². The van der Waals surface area contributed by atoms with Gasteiger partial charge in [-0.15, -0.1) is 0 Å². The third-order valence-corrected chi connectivity index (χ3v) is 0.850. The van der Waals surface area contributed by atoms with E-state index in [-0.39, 0.29) is 0 Å². The minimum absolute atomic E-state index is 0.819. The van der Waals surface area contributed by atoms with E-state index in [4.69, 9.17) is 0 Å². The summed E-state index contributed by atoms with van der Waals surface area (Å²) in [4.78, 5) is 1.81. The van der Waals surface area contributed by atoms with Crippen LogP contribution in [0, 0.1) is 0 Å². The molecule has 0 spiro atoms. The quantitative estimate of drug-likeness (QED) is 0.458. The van der Waals surface area contributed by atoms with Crippen molar-refractivity contribution in [3.8, 4) is 0 Å². The second-order valence-corrected chi connectivity index (χ2v) is 1.41. The molecule has 0 aromatic rings. The Bertz CT molecular complexity index is 116. The van der Waals surface area contributed by atoms with Gasteiger partial charge in [0.05, 0.1) is 0 Å². The van der Waals surface area contributed by atoms with Crippen LogP contribution < -0.4 is 5.43 Å². The van der Waals surface area contributed by atoms with Crippen molar-refractivity contribution in [2.75, 3.05) is 7.05 Å². The highest BCUT2D eigenvalue weighted by Gasteiger charge is 2.00. The molecule has 0 fully saturated rings. The molecule has 3 nitrogen and oxygen atoms in total. The van der Waals surface area contributed by atoms with Crippen molar-refractivity contribution in [1.29, 1.82) is 0 Å². The van der Waals surface area contributed by atoms with Crippen molar-refractivity contribution in [3.63, 3.8) is 0 Å². The highest BCUT2D eigenvalue weighted by molar-refractivity contribution is 5.59. The van der Waals surface area contributed by atoms with Gasteiger partial charge in [0.25, 0.3) is 0 Å². The van der Waals surface area contributed by atoms with Crippen LogP contribution in [0.1, 0.15) is 0 Å². The summed E-state index contributed by atoms with van der Waals surface area (Å²) in [5, 5.41) is 3.70. The Morgan fingerprint density at radius 2 is 2.71 bits per heavy atom. The molecule has 1 N–H and O–H groups in total. The van der Waals surface area contributed by atoms with Gasteiger partial charge in [-0.3, -0.25) is 5.43 Å². The van der Waals surface area contributed by atoms with E-state index < -0.39 is 0 Å². The summed E-state index contributed by atoms with van der Waals surface area (Å²) >= 11 is 0. The molecule has 0 radical (unpaired) electrons. The van der Waals surface area contributed by atoms with Crippen LogP contribution in [0.25, 0.3) is 0 Å². The Morgan fingerprint density at radius 3 is 2.86 bits per heavy atom. The second kappa shape index (κ2) is 1.26. The van der Waals surface area contributed by atoms with E-state index in [1.165, 1.54) is 0 Å². The van der Waals surface area contributed by atoms with Crippen LogP contribution >= 0.6 is 0 Å². The summed E-state index contributed by atoms with van der Waals surface area (Å²) < 4.78 is 0. The molecule has 0 aromatic carbocycles. The van der Waals surface area contributed by atoms with Gasteiger partial charge in [0.1, 0.15) is 12.2 Å². The lowest BCUT2D eigenvalue weighted by Crippen LogP contribution is -2.13. The van der Waals surface area contributed by atoms with Gasteiger partial charge >= 0.3 is 0 Å². The van der Waals surface area contributed by atoms with Gasteiger partial charge in [-0.2, -0.15) is 5.10 Å². The molecule has 1 aliphatic rings. The molecule has 7 heavy (non-hydrogen) atoms. The van der Waals surface area contributed by atoms with Gasteiger partial charge in [0, 0.05) is 7.05 Å². The predicted molar refractivity (Wildman–Crippen MR) is 28.5 cm³/mol. The van der Waals surface area contributed by atoms with Crippen LogP contribution in [-0.4, -0.2) is 18.3 Å². The lowest BCUT2D eigenvalue weighted by atomic mass is 10.7. The summed E-state index contributed by atoms with van der Waals surface area (Å²) in [5.41, 5.74) is 2.67. The average Bonchev–Trinajstić information content (AvgIpc) is 1.91. The van der Waals surface area contributed by atoms with Crippen molar-refractivity contribution in [2.24, 2.45) is 5.10 Å². The van der Waals surface area contributed by atoms with Crippen LogP contribution in [0.5, 0.6) is 0 Å². The van der Waals surface area contributed by atoms with Gasteiger partial charge < -0.3 is 4.90 Å². The van der Waals surface area contributed by atoms with E-state index in [1.54, 1.807) is 11.2 Å². The first-order valence-corrected chi connectivity index (χ1v) is 2.01. The lowest BCUT2D eigenvalue weighted by molar-refractivity contribution is 0.629. The predicted octanol–water partition coefficient (Wildman–Crippen LogP) is -0.0641. The maximum absolute atomic E-state index is 3.70. The van der Waals surface area contributed by atoms with E-state index in [0.717, 1.165) is 5.82 Å². The summed E-state index contributed by atoms with van der Waals surface area (Å²) in [7, 11) is 1.88. The Kier molecular flexibility index (Phi) is 0.749. The molecule has 0 saturated carbocycles. The van der Waals surface area contributed by atoms with Crippen LogP contribution in [0.2, 0.25) is 0 Å². The molecule has 1 heterocycles. The van der Waals surface area contributed by atoms with Gasteiger partial charge in [-0.1, -0.05) is 6.58 Å². The third-order valence-electron chi connectivity index (χ3n) is 0.850. The van der Waals surface area contributed by atoms with Crippen molar-refractivity contribution in [1.82, 2.24) is 10.3 Å². The zero-order valence-electron chi connectivity index (χ0n) is 4.18. The van der Waals surface area contributed by atoms with Crippen LogP contribution in [0.4, 0.5) is 0 Å². The van der Waals surface area contributed by atoms with Crippen molar-refractivity contribution in [3.05, 3.63) is 12.4 Å². The Hall–Kier alpha value is -0.990. The van der Waals surface area contributed by atoms with Crippen LogP contribution in [0.3, 0.4) is 0 Å². The average molecular weight is 97.1 g/mol. The van der Waals surface area contributed by atoms with Crippen molar-refractivity contribution >= 4 is 6.34 Å². The van der Waals surface area contributed by atoms with E-state index >= 15 is 0 Å². The molecule has 38 valence electrons. The number of nitrogens with one attached hydrogen (secondary N) is 1. The molecular formula is C4H7N3. The van der Waals surface area contributed by atoms with Crippen molar-refractivity contribution in [2.45, 2.75) is 0 Å². The molecule has 1 rings (SSSR count). The van der Waals surface area contributed by atoms with Crippen LogP contribution in [-0.2, 0) is 0 Å². The third kappa shape index (κ3) is 0.559. The summed E-state index contributed by atoms with van der Waals surface area (Å²) in [6.45, 7) is 3.62. The minimum atomic E-state index is 0.819. The molecule has 0 aromatic heterocycles. The van der Waals surface area contributed by atoms with Gasteiger partial charge in [0.15, 0.2) is 0 Å². The standard InChI is InChI=1S/C4H7N3/c1-4-6-5-3-7(4)2/h3,6H,1H2,2H3. The Labute approximate surface area is 42.3 Å².